The van der Waals surface area contributed by atoms with E-state index in [4.69, 9.17) is 17.2 Å². The van der Waals surface area contributed by atoms with Gasteiger partial charge in [-0.1, -0.05) is 12.1 Å². The number of allylic oxidation sites excluding steroid dienone is 2. The minimum Gasteiger partial charge on any atom is -0.484 e. The van der Waals surface area contributed by atoms with E-state index in [0.717, 1.165) is 0 Å². The van der Waals surface area contributed by atoms with Crippen LogP contribution in [0.5, 0.6) is 5.75 Å². The van der Waals surface area contributed by atoms with Gasteiger partial charge in [-0.15, -0.1) is 0 Å². The molecule has 0 aliphatic carbocycles. The van der Waals surface area contributed by atoms with Gasteiger partial charge < -0.3 is 21.9 Å². The molecule has 0 spiro atoms. The number of alkyl halides is 3. The van der Waals surface area contributed by atoms with Crippen LogP contribution in [0.2, 0.25) is 0 Å². The highest BCUT2D eigenvalue weighted by Gasteiger charge is 2.28. The van der Waals surface area contributed by atoms with Crippen molar-refractivity contribution in [1.29, 1.82) is 0 Å². The normalized spacial score (nSPS) is 12.1. The Morgan fingerprint density at radius 1 is 1.16 bits per heavy atom. The smallest absolute Gasteiger partial charge is 0.422 e. The van der Waals surface area contributed by atoms with Crippen molar-refractivity contribution in [3.8, 4) is 5.75 Å². The summed E-state index contributed by atoms with van der Waals surface area (Å²) in [5, 5.41) is 0. The van der Waals surface area contributed by atoms with E-state index in [1.807, 2.05) is 0 Å². The van der Waals surface area contributed by atoms with Gasteiger partial charge in [-0.3, -0.25) is 0 Å². The molecule has 0 amide bonds. The summed E-state index contributed by atoms with van der Waals surface area (Å²) >= 11 is 0. The topological polar surface area (TPSA) is 87.3 Å². The van der Waals surface area contributed by atoms with Gasteiger partial charge in [0.15, 0.2) is 6.61 Å². The van der Waals surface area contributed by atoms with Gasteiger partial charge in [0.2, 0.25) is 0 Å². The maximum atomic E-state index is 12.0. The molecule has 0 aliphatic heterocycles. The van der Waals surface area contributed by atoms with Gasteiger partial charge in [0.05, 0.1) is 5.82 Å². The Labute approximate surface area is 108 Å². The van der Waals surface area contributed by atoms with Crippen molar-refractivity contribution in [2.24, 2.45) is 17.2 Å². The Morgan fingerprint density at radius 2 is 1.84 bits per heavy atom. The molecule has 19 heavy (non-hydrogen) atoms. The third kappa shape index (κ3) is 5.71. The fraction of sp³-hybridized carbons (Fsp3) is 0.167. The molecular formula is C12H14F3N3O. The second kappa shape index (κ2) is 6.03. The molecular weight excluding hydrogens is 259 g/mol. The number of nitrogens with two attached hydrogens (primary N) is 3. The van der Waals surface area contributed by atoms with Crippen molar-refractivity contribution < 1.29 is 17.9 Å². The van der Waals surface area contributed by atoms with Gasteiger partial charge in [0.25, 0.3) is 0 Å². The molecule has 0 atom stereocenters. The summed E-state index contributed by atoms with van der Waals surface area (Å²) in [4.78, 5) is 0. The molecule has 0 bridgehead atoms. The number of ether oxygens (including phenoxy) is 1. The summed E-state index contributed by atoms with van der Waals surface area (Å²) in [5.74, 6) is 0.156. The summed E-state index contributed by atoms with van der Waals surface area (Å²) in [6, 6.07) is 5.98. The molecule has 0 saturated carbocycles. The second-order valence-corrected chi connectivity index (χ2v) is 3.72. The zero-order valence-electron chi connectivity index (χ0n) is 9.95. The highest BCUT2D eigenvalue weighted by atomic mass is 19.4. The molecule has 1 aromatic rings. The third-order valence-electron chi connectivity index (χ3n) is 2.03. The lowest BCUT2D eigenvalue weighted by molar-refractivity contribution is -0.153. The third-order valence-corrected chi connectivity index (χ3v) is 2.03. The molecule has 0 saturated heterocycles. The maximum absolute atomic E-state index is 12.0. The van der Waals surface area contributed by atoms with Crippen molar-refractivity contribution in [2.45, 2.75) is 6.18 Å². The molecule has 4 nitrogen and oxygen atoms in total. The molecule has 0 fully saturated rings. The van der Waals surface area contributed by atoms with Crippen LogP contribution in [-0.4, -0.2) is 12.8 Å². The van der Waals surface area contributed by atoms with Crippen LogP contribution in [0.1, 0.15) is 5.56 Å². The summed E-state index contributed by atoms with van der Waals surface area (Å²) in [5.41, 5.74) is 17.0. The number of benzene rings is 1. The highest BCUT2D eigenvalue weighted by Crippen LogP contribution is 2.21. The van der Waals surface area contributed by atoms with Crippen LogP contribution in [0.25, 0.3) is 5.70 Å². The van der Waals surface area contributed by atoms with E-state index in [1.165, 1.54) is 30.4 Å². The number of hydrogen-bond acceptors (Lipinski definition) is 4. The van der Waals surface area contributed by atoms with Crippen molar-refractivity contribution in [2.75, 3.05) is 6.61 Å². The minimum absolute atomic E-state index is 0.0763. The minimum atomic E-state index is -4.38. The standard InChI is InChI=1S/C12H14F3N3O/c13-12(14,15)7-19-9-3-1-2-8(6-9)10(16)4-5-11(17)18/h1-6H,7,16-18H2/b10-4-. The molecule has 1 rings (SSSR count). The van der Waals surface area contributed by atoms with Gasteiger partial charge in [0, 0.05) is 11.3 Å². The van der Waals surface area contributed by atoms with Crippen molar-refractivity contribution in [1.82, 2.24) is 0 Å². The Kier molecular flexibility index (Phi) is 4.68. The molecule has 7 heteroatoms. The van der Waals surface area contributed by atoms with Crippen molar-refractivity contribution in [3.63, 3.8) is 0 Å². The first-order chi connectivity index (χ1) is 8.78. The molecule has 0 aromatic heterocycles. The van der Waals surface area contributed by atoms with Gasteiger partial charge in [-0.2, -0.15) is 13.2 Å². The Balaban J connectivity index is 2.82. The fourth-order valence-corrected chi connectivity index (χ4v) is 1.21. The van der Waals surface area contributed by atoms with Crippen LogP contribution in [0.4, 0.5) is 13.2 Å². The largest absolute Gasteiger partial charge is 0.484 e. The Morgan fingerprint density at radius 3 is 2.42 bits per heavy atom. The van der Waals surface area contributed by atoms with Gasteiger partial charge in [-0.25, -0.2) is 0 Å². The lowest BCUT2D eigenvalue weighted by Crippen LogP contribution is -2.19. The first-order valence-corrected chi connectivity index (χ1v) is 5.26. The van der Waals surface area contributed by atoms with E-state index in [-0.39, 0.29) is 11.6 Å². The predicted octanol–water partition coefficient (Wildman–Crippen LogP) is 1.69. The van der Waals surface area contributed by atoms with Crippen LogP contribution < -0.4 is 21.9 Å². The summed E-state index contributed by atoms with van der Waals surface area (Å²) < 4.78 is 40.7. The molecule has 0 radical (unpaired) electrons. The van der Waals surface area contributed by atoms with Crippen molar-refractivity contribution >= 4 is 5.70 Å². The van der Waals surface area contributed by atoms with Crippen LogP contribution in [0, 0.1) is 0 Å². The molecule has 0 aliphatic rings. The predicted molar refractivity (Wildman–Crippen MR) is 66.6 cm³/mol. The molecule has 0 heterocycles. The summed E-state index contributed by atoms with van der Waals surface area (Å²) in [6.45, 7) is -1.35. The van der Waals surface area contributed by atoms with Crippen molar-refractivity contribution in [3.05, 3.63) is 47.8 Å². The first-order valence-electron chi connectivity index (χ1n) is 5.26. The monoisotopic (exact) mass is 273 g/mol. The van der Waals surface area contributed by atoms with E-state index in [9.17, 15) is 13.2 Å². The average molecular weight is 273 g/mol. The maximum Gasteiger partial charge on any atom is 0.422 e. The van der Waals surface area contributed by atoms with Crippen LogP contribution in [-0.2, 0) is 0 Å². The van der Waals surface area contributed by atoms with Crippen LogP contribution >= 0.6 is 0 Å². The highest BCUT2D eigenvalue weighted by molar-refractivity contribution is 5.65. The molecule has 104 valence electrons. The Bertz CT molecular complexity index is 491. The summed E-state index contributed by atoms with van der Waals surface area (Å²) in [7, 11) is 0. The summed E-state index contributed by atoms with van der Waals surface area (Å²) in [6.07, 6.45) is -1.54. The lowest BCUT2D eigenvalue weighted by Gasteiger charge is -2.10. The van der Waals surface area contributed by atoms with E-state index < -0.39 is 12.8 Å². The SMILES string of the molecule is NC(N)=C/C=C(\N)c1cccc(OCC(F)(F)F)c1. The van der Waals surface area contributed by atoms with Crippen LogP contribution in [0.3, 0.4) is 0 Å². The fourth-order valence-electron chi connectivity index (χ4n) is 1.21. The molecule has 6 N–H and O–H groups in total. The van der Waals surface area contributed by atoms with E-state index in [1.54, 1.807) is 6.07 Å². The number of halogens is 3. The number of rotatable bonds is 4. The average Bonchev–Trinajstić information content (AvgIpc) is 2.33. The second-order valence-electron chi connectivity index (χ2n) is 3.72. The van der Waals surface area contributed by atoms with E-state index >= 15 is 0 Å². The zero-order chi connectivity index (χ0) is 14.5. The van der Waals surface area contributed by atoms with Gasteiger partial charge in [0.1, 0.15) is 5.75 Å². The van der Waals surface area contributed by atoms with Gasteiger partial charge in [-0.05, 0) is 24.3 Å². The van der Waals surface area contributed by atoms with E-state index in [0.29, 0.717) is 11.3 Å². The number of hydrogen-bond donors (Lipinski definition) is 3. The quantitative estimate of drug-likeness (QED) is 0.728. The molecule has 1 aromatic carbocycles. The zero-order valence-corrected chi connectivity index (χ0v) is 9.95. The molecule has 0 unspecified atom stereocenters. The van der Waals surface area contributed by atoms with Gasteiger partial charge >= 0.3 is 6.18 Å². The first kappa shape index (κ1) is 14.7. The lowest BCUT2D eigenvalue weighted by atomic mass is 10.1. The Hall–Kier alpha value is -2.31. The van der Waals surface area contributed by atoms with E-state index in [2.05, 4.69) is 4.74 Å². The van der Waals surface area contributed by atoms with Crippen LogP contribution in [0.15, 0.2) is 42.2 Å².